The van der Waals surface area contributed by atoms with Gasteiger partial charge in [-0.2, -0.15) is 0 Å². The molecule has 0 N–H and O–H groups in total. The van der Waals surface area contributed by atoms with Crippen LogP contribution in [0.3, 0.4) is 0 Å². The van der Waals surface area contributed by atoms with Crippen LogP contribution in [0.2, 0.25) is 0 Å². The molecule has 3 heteroatoms. The predicted octanol–water partition coefficient (Wildman–Crippen LogP) is 0.0240. The molecule has 0 saturated carbocycles. The van der Waals surface area contributed by atoms with Gasteiger partial charge in [0.15, 0.2) is 0 Å². The van der Waals surface area contributed by atoms with Gasteiger partial charge in [-0.3, -0.25) is 4.99 Å². The van der Waals surface area contributed by atoms with Crippen LogP contribution in [0.5, 0.6) is 0 Å². The number of aryl methyl sites for hydroxylation is 1. The van der Waals surface area contributed by atoms with E-state index in [2.05, 4.69) is 28.0 Å². The van der Waals surface area contributed by atoms with Gasteiger partial charge in [-0.25, -0.2) is 9.97 Å². The fourth-order valence-corrected chi connectivity index (χ4v) is 1.30. The molecule has 0 bridgehead atoms. The SMILES string of the molecule is Cc1ncc2c(n1)=CN=CC(C)C=2. The Morgan fingerprint density at radius 3 is 3.08 bits per heavy atom. The number of aromatic nitrogens is 2. The van der Waals surface area contributed by atoms with Crippen molar-refractivity contribution in [3.63, 3.8) is 0 Å². The molecule has 2 rings (SSSR count). The van der Waals surface area contributed by atoms with Crippen LogP contribution in [-0.4, -0.2) is 16.2 Å². The Labute approximate surface area is 76.6 Å². The number of rotatable bonds is 0. The molecule has 1 aliphatic rings. The van der Waals surface area contributed by atoms with E-state index in [1.807, 2.05) is 19.3 Å². The minimum atomic E-state index is 0.351. The molecule has 0 aliphatic carbocycles. The molecule has 0 spiro atoms. The molecule has 1 aromatic heterocycles. The van der Waals surface area contributed by atoms with Gasteiger partial charge in [0.2, 0.25) is 0 Å². The van der Waals surface area contributed by atoms with Gasteiger partial charge >= 0.3 is 0 Å². The second-order valence-corrected chi connectivity index (χ2v) is 3.21. The maximum absolute atomic E-state index is 4.30. The monoisotopic (exact) mass is 173 g/mol. The minimum absolute atomic E-state index is 0.351. The first-order valence-electron chi connectivity index (χ1n) is 4.31. The lowest BCUT2D eigenvalue weighted by molar-refractivity contribution is 0.998. The molecule has 0 radical (unpaired) electrons. The first kappa shape index (κ1) is 8.10. The number of hydrogen-bond donors (Lipinski definition) is 0. The van der Waals surface area contributed by atoms with Crippen molar-refractivity contribution in [2.24, 2.45) is 10.9 Å². The summed E-state index contributed by atoms with van der Waals surface area (Å²) in [5.41, 5.74) is 0. The number of hydrogen-bond acceptors (Lipinski definition) is 3. The summed E-state index contributed by atoms with van der Waals surface area (Å²) >= 11 is 0. The molecule has 0 amide bonds. The summed E-state index contributed by atoms with van der Waals surface area (Å²) in [6.45, 7) is 3.97. The molecule has 2 heterocycles. The first-order chi connectivity index (χ1) is 6.25. The van der Waals surface area contributed by atoms with Crippen LogP contribution >= 0.6 is 0 Å². The molecule has 1 aliphatic heterocycles. The molecule has 0 aromatic carbocycles. The Bertz CT molecular complexity index is 460. The second-order valence-electron chi connectivity index (χ2n) is 3.21. The lowest BCUT2D eigenvalue weighted by Gasteiger charge is -1.93. The van der Waals surface area contributed by atoms with Crippen LogP contribution < -0.4 is 10.6 Å². The molecular weight excluding hydrogens is 162 g/mol. The lowest BCUT2D eigenvalue weighted by Crippen LogP contribution is -2.29. The van der Waals surface area contributed by atoms with Gasteiger partial charge in [0.25, 0.3) is 0 Å². The van der Waals surface area contributed by atoms with Crippen LogP contribution in [0.15, 0.2) is 11.2 Å². The lowest BCUT2D eigenvalue weighted by atomic mass is 10.2. The minimum Gasteiger partial charge on any atom is -0.266 e. The molecule has 1 atom stereocenters. The summed E-state index contributed by atoms with van der Waals surface area (Å²) < 4.78 is 0. The Balaban J connectivity index is 2.75. The van der Waals surface area contributed by atoms with Crippen molar-refractivity contribution in [3.05, 3.63) is 22.6 Å². The van der Waals surface area contributed by atoms with Crippen molar-refractivity contribution in [3.8, 4) is 0 Å². The Kier molecular flexibility index (Phi) is 1.93. The van der Waals surface area contributed by atoms with Gasteiger partial charge in [-0.05, 0) is 6.92 Å². The van der Waals surface area contributed by atoms with E-state index in [0.29, 0.717) is 5.92 Å². The van der Waals surface area contributed by atoms with E-state index < -0.39 is 0 Å². The van der Waals surface area contributed by atoms with Crippen molar-refractivity contribution < 1.29 is 0 Å². The van der Waals surface area contributed by atoms with Crippen molar-refractivity contribution in [1.29, 1.82) is 0 Å². The second kappa shape index (κ2) is 3.09. The van der Waals surface area contributed by atoms with Crippen LogP contribution in [-0.2, 0) is 0 Å². The average Bonchev–Trinajstić information content (AvgIpc) is 2.25. The standard InChI is InChI=1S/C10H11N3/c1-7-3-9-5-12-8(2)13-10(9)6-11-4-7/h3-7H,1-2H3. The highest BCUT2D eigenvalue weighted by atomic mass is 14.9. The first-order valence-corrected chi connectivity index (χ1v) is 4.31. The molecule has 0 fully saturated rings. The third kappa shape index (κ3) is 1.64. The van der Waals surface area contributed by atoms with Gasteiger partial charge in [0.05, 0.1) is 11.5 Å². The van der Waals surface area contributed by atoms with E-state index in [9.17, 15) is 0 Å². The molecule has 0 saturated heterocycles. The van der Waals surface area contributed by atoms with E-state index in [1.54, 1.807) is 6.20 Å². The van der Waals surface area contributed by atoms with Gasteiger partial charge in [0.1, 0.15) is 5.82 Å². The van der Waals surface area contributed by atoms with Crippen molar-refractivity contribution in [2.75, 3.05) is 0 Å². The highest BCUT2D eigenvalue weighted by Gasteiger charge is 1.97. The van der Waals surface area contributed by atoms with Crippen molar-refractivity contribution in [2.45, 2.75) is 13.8 Å². The molecule has 13 heavy (non-hydrogen) atoms. The van der Waals surface area contributed by atoms with E-state index in [1.165, 1.54) is 0 Å². The number of aliphatic imine (C=N–C) groups is 1. The summed E-state index contributed by atoms with van der Waals surface area (Å²) in [6, 6.07) is 0. The van der Waals surface area contributed by atoms with Crippen LogP contribution in [0.25, 0.3) is 12.3 Å². The highest BCUT2D eigenvalue weighted by molar-refractivity contribution is 5.71. The van der Waals surface area contributed by atoms with E-state index >= 15 is 0 Å². The molecule has 1 unspecified atom stereocenters. The smallest absolute Gasteiger partial charge is 0.125 e. The summed E-state index contributed by atoms with van der Waals surface area (Å²) in [5.74, 6) is 1.14. The zero-order valence-electron chi connectivity index (χ0n) is 7.73. The van der Waals surface area contributed by atoms with E-state index in [4.69, 9.17) is 0 Å². The van der Waals surface area contributed by atoms with Gasteiger partial charge < -0.3 is 0 Å². The fourth-order valence-electron chi connectivity index (χ4n) is 1.30. The van der Waals surface area contributed by atoms with Crippen molar-refractivity contribution >= 4 is 18.5 Å². The average molecular weight is 173 g/mol. The molecule has 3 nitrogen and oxygen atoms in total. The van der Waals surface area contributed by atoms with E-state index in [0.717, 1.165) is 16.4 Å². The molecular formula is C10H11N3. The zero-order chi connectivity index (χ0) is 9.26. The van der Waals surface area contributed by atoms with Gasteiger partial charge in [0, 0.05) is 23.5 Å². The maximum atomic E-state index is 4.30. The van der Waals surface area contributed by atoms with Crippen LogP contribution in [0, 0.1) is 12.8 Å². The molecule has 1 aromatic rings. The maximum Gasteiger partial charge on any atom is 0.125 e. The van der Waals surface area contributed by atoms with Crippen molar-refractivity contribution in [1.82, 2.24) is 9.97 Å². The zero-order valence-corrected chi connectivity index (χ0v) is 7.73. The van der Waals surface area contributed by atoms with Gasteiger partial charge in [-0.1, -0.05) is 13.0 Å². The third-order valence-corrected chi connectivity index (χ3v) is 1.93. The summed E-state index contributed by atoms with van der Waals surface area (Å²) in [6.07, 6.45) is 7.64. The molecule has 66 valence electrons. The highest BCUT2D eigenvalue weighted by Crippen LogP contribution is 1.93. The topological polar surface area (TPSA) is 38.1 Å². The number of fused-ring (bicyclic) bond motifs is 1. The predicted molar refractivity (Wildman–Crippen MR) is 52.6 cm³/mol. The Hall–Kier alpha value is -1.51. The third-order valence-electron chi connectivity index (χ3n) is 1.93. The normalized spacial score (nSPS) is 19.7. The number of nitrogens with zero attached hydrogens (tertiary/aromatic N) is 3. The summed E-state index contributed by atoms with van der Waals surface area (Å²) in [5, 5.41) is 1.98. The summed E-state index contributed by atoms with van der Waals surface area (Å²) in [7, 11) is 0. The summed E-state index contributed by atoms with van der Waals surface area (Å²) in [4.78, 5) is 12.6. The Morgan fingerprint density at radius 1 is 1.38 bits per heavy atom. The fraction of sp³-hybridized carbons (Fsp3) is 0.300. The largest absolute Gasteiger partial charge is 0.266 e. The van der Waals surface area contributed by atoms with Crippen LogP contribution in [0.4, 0.5) is 0 Å². The quantitative estimate of drug-likeness (QED) is 0.555. The Morgan fingerprint density at radius 2 is 2.23 bits per heavy atom. The van der Waals surface area contributed by atoms with Crippen LogP contribution in [0.1, 0.15) is 12.7 Å². The van der Waals surface area contributed by atoms with Gasteiger partial charge in [-0.15, -0.1) is 0 Å². The van der Waals surface area contributed by atoms with E-state index in [-0.39, 0.29) is 0 Å².